The van der Waals surface area contributed by atoms with Crippen LogP contribution in [0.1, 0.15) is 31.7 Å². The van der Waals surface area contributed by atoms with Crippen LogP contribution in [0, 0.1) is 6.92 Å². The summed E-state index contributed by atoms with van der Waals surface area (Å²) < 4.78 is 0. The van der Waals surface area contributed by atoms with Crippen molar-refractivity contribution in [3.8, 4) is 0 Å². The number of aromatic nitrogens is 2. The number of amides is 1. The van der Waals surface area contributed by atoms with Crippen molar-refractivity contribution in [3.05, 3.63) is 11.4 Å². The van der Waals surface area contributed by atoms with Gasteiger partial charge in [0.15, 0.2) is 0 Å². The highest BCUT2D eigenvalue weighted by Gasteiger charge is 2.15. The van der Waals surface area contributed by atoms with E-state index in [9.17, 15) is 4.79 Å². The minimum Gasteiger partial charge on any atom is -0.373 e. The van der Waals surface area contributed by atoms with Gasteiger partial charge in [0.1, 0.15) is 23.5 Å². The SMILES string of the molecule is CCCc1nc(NC)c(C)c(NC(C)C(=O)NC)n1. The van der Waals surface area contributed by atoms with Crippen molar-refractivity contribution in [1.82, 2.24) is 15.3 Å². The van der Waals surface area contributed by atoms with E-state index >= 15 is 0 Å². The monoisotopic (exact) mass is 265 g/mol. The molecule has 6 nitrogen and oxygen atoms in total. The first-order valence-electron chi connectivity index (χ1n) is 6.56. The Bertz CT molecular complexity index is 447. The van der Waals surface area contributed by atoms with Gasteiger partial charge in [-0.25, -0.2) is 9.97 Å². The molecule has 1 rings (SSSR count). The van der Waals surface area contributed by atoms with Crippen molar-refractivity contribution >= 4 is 17.5 Å². The molecule has 0 spiro atoms. The number of carbonyl (C=O) groups excluding carboxylic acids is 1. The molecule has 3 N–H and O–H groups in total. The number of anilines is 2. The number of nitrogens with zero attached hydrogens (tertiary/aromatic N) is 2. The molecule has 0 aliphatic carbocycles. The first kappa shape index (κ1) is 15.2. The Labute approximate surface area is 114 Å². The normalized spacial score (nSPS) is 11.8. The lowest BCUT2D eigenvalue weighted by molar-refractivity contribution is -0.121. The van der Waals surface area contributed by atoms with Crippen LogP contribution >= 0.6 is 0 Å². The summed E-state index contributed by atoms with van der Waals surface area (Å²) in [5.74, 6) is 2.22. The highest BCUT2D eigenvalue weighted by atomic mass is 16.2. The molecule has 0 saturated heterocycles. The van der Waals surface area contributed by atoms with Crippen LogP contribution in [0.2, 0.25) is 0 Å². The van der Waals surface area contributed by atoms with E-state index in [-0.39, 0.29) is 11.9 Å². The average molecular weight is 265 g/mol. The largest absolute Gasteiger partial charge is 0.373 e. The molecule has 1 heterocycles. The maximum atomic E-state index is 11.6. The van der Waals surface area contributed by atoms with Gasteiger partial charge >= 0.3 is 0 Å². The van der Waals surface area contributed by atoms with E-state index in [1.165, 1.54) is 0 Å². The molecule has 1 atom stereocenters. The van der Waals surface area contributed by atoms with Crippen molar-refractivity contribution < 1.29 is 4.79 Å². The number of aryl methyl sites for hydroxylation is 1. The second-order valence-electron chi connectivity index (χ2n) is 4.44. The van der Waals surface area contributed by atoms with E-state index in [1.54, 1.807) is 14.0 Å². The van der Waals surface area contributed by atoms with E-state index in [0.717, 1.165) is 30.0 Å². The van der Waals surface area contributed by atoms with Crippen molar-refractivity contribution in [2.75, 3.05) is 24.7 Å². The highest BCUT2D eigenvalue weighted by molar-refractivity contribution is 5.84. The smallest absolute Gasteiger partial charge is 0.241 e. The van der Waals surface area contributed by atoms with Gasteiger partial charge in [-0.05, 0) is 20.3 Å². The predicted molar refractivity (Wildman–Crippen MR) is 77.5 cm³/mol. The summed E-state index contributed by atoms with van der Waals surface area (Å²) in [6.07, 6.45) is 1.80. The minimum absolute atomic E-state index is 0.0685. The van der Waals surface area contributed by atoms with Crippen LogP contribution in [-0.2, 0) is 11.2 Å². The fourth-order valence-electron chi connectivity index (χ4n) is 1.77. The average Bonchev–Trinajstić information content (AvgIpc) is 2.41. The van der Waals surface area contributed by atoms with E-state index in [1.807, 2.05) is 14.0 Å². The van der Waals surface area contributed by atoms with Crippen molar-refractivity contribution in [2.24, 2.45) is 0 Å². The minimum atomic E-state index is -0.335. The van der Waals surface area contributed by atoms with Crippen LogP contribution < -0.4 is 16.0 Å². The van der Waals surface area contributed by atoms with Gasteiger partial charge in [-0.3, -0.25) is 4.79 Å². The summed E-state index contributed by atoms with van der Waals surface area (Å²) >= 11 is 0. The molecule has 0 aliphatic rings. The second kappa shape index (κ2) is 6.92. The zero-order chi connectivity index (χ0) is 14.4. The third kappa shape index (κ3) is 3.81. The third-order valence-corrected chi connectivity index (χ3v) is 2.90. The number of rotatable bonds is 6. The number of nitrogens with one attached hydrogen (secondary N) is 3. The predicted octanol–water partition coefficient (Wildman–Crippen LogP) is 1.33. The summed E-state index contributed by atoms with van der Waals surface area (Å²) in [4.78, 5) is 20.5. The number of carbonyl (C=O) groups is 1. The van der Waals surface area contributed by atoms with Gasteiger partial charge in [-0.15, -0.1) is 0 Å². The Morgan fingerprint density at radius 3 is 2.42 bits per heavy atom. The van der Waals surface area contributed by atoms with E-state index in [2.05, 4.69) is 32.8 Å². The molecule has 1 amide bonds. The van der Waals surface area contributed by atoms with Crippen LogP contribution in [0.3, 0.4) is 0 Å². The third-order valence-electron chi connectivity index (χ3n) is 2.90. The zero-order valence-electron chi connectivity index (χ0n) is 12.3. The molecule has 106 valence electrons. The van der Waals surface area contributed by atoms with E-state index < -0.39 is 0 Å². The fraction of sp³-hybridized carbons (Fsp3) is 0.615. The van der Waals surface area contributed by atoms with Gasteiger partial charge in [0.2, 0.25) is 5.91 Å². The molecule has 0 radical (unpaired) electrons. The molecule has 0 aromatic carbocycles. The molecule has 0 bridgehead atoms. The van der Waals surface area contributed by atoms with Crippen LogP contribution in [0.25, 0.3) is 0 Å². The van der Waals surface area contributed by atoms with Gasteiger partial charge in [-0.1, -0.05) is 6.92 Å². The number of likely N-dealkylation sites (N-methyl/N-ethyl adjacent to an activating group) is 1. The van der Waals surface area contributed by atoms with Gasteiger partial charge < -0.3 is 16.0 Å². The Morgan fingerprint density at radius 1 is 1.26 bits per heavy atom. The van der Waals surface area contributed by atoms with Crippen LogP contribution in [0.5, 0.6) is 0 Å². The number of hydrogen-bond acceptors (Lipinski definition) is 5. The fourth-order valence-corrected chi connectivity index (χ4v) is 1.77. The molecular formula is C13H23N5O. The van der Waals surface area contributed by atoms with Gasteiger partial charge in [-0.2, -0.15) is 0 Å². The summed E-state index contributed by atoms with van der Waals surface area (Å²) in [6, 6.07) is -0.335. The lowest BCUT2D eigenvalue weighted by Gasteiger charge is -2.17. The summed E-state index contributed by atoms with van der Waals surface area (Å²) in [6.45, 7) is 5.82. The molecule has 0 aliphatic heterocycles. The number of hydrogen-bond donors (Lipinski definition) is 3. The Kier molecular flexibility index (Phi) is 5.54. The first-order valence-corrected chi connectivity index (χ1v) is 6.56. The second-order valence-corrected chi connectivity index (χ2v) is 4.44. The van der Waals surface area contributed by atoms with Crippen molar-refractivity contribution in [2.45, 2.75) is 39.7 Å². The topological polar surface area (TPSA) is 78.9 Å². The molecule has 6 heteroatoms. The van der Waals surface area contributed by atoms with E-state index in [4.69, 9.17) is 0 Å². The molecule has 0 fully saturated rings. The van der Waals surface area contributed by atoms with Crippen LogP contribution in [-0.4, -0.2) is 36.0 Å². The van der Waals surface area contributed by atoms with Crippen LogP contribution in [0.4, 0.5) is 11.6 Å². The zero-order valence-corrected chi connectivity index (χ0v) is 12.3. The molecule has 0 saturated carbocycles. The van der Waals surface area contributed by atoms with Crippen molar-refractivity contribution in [3.63, 3.8) is 0 Å². The lowest BCUT2D eigenvalue weighted by Crippen LogP contribution is -2.35. The molecule has 1 aromatic heterocycles. The standard InChI is InChI=1S/C13H23N5O/c1-6-7-10-17-11(14-4)8(2)12(18-10)16-9(3)13(19)15-5/h9H,6-7H2,1-5H3,(H,15,19)(H2,14,16,17,18). The maximum Gasteiger partial charge on any atom is 0.241 e. The first-order chi connectivity index (χ1) is 9.03. The van der Waals surface area contributed by atoms with Gasteiger partial charge in [0.05, 0.1) is 0 Å². The Morgan fingerprint density at radius 2 is 1.89 bits per heavy atom. The molecule has 1 unspecified atom stereocenters. The quantitative estimate of drug-likeness (QED) is 0.723. The summed E-state index contributed by atoms with van der Waals surface area (Å²) in [5, 5.41) is 8.80. The van der Waals surface area contributed by atoms with E-state index in [0.29, 0.717) is 5.82 Å². The Hall–Kier alpha value is -1.85. The van der Waals surface area contributed by atoms with Crippen molar-refractivity contribution in [1.29, 1.82) is 0 Å². The summed E-state index contributed by atoms with van der Waals surface area (Å²) in [7, 11) is 3.45. The molecule has 19 heavy (non-hydrogen) atoms. The molecular weight excluding hydrogens is 242 g/mol. The van der Waals surface area contributed by atoms with Crippen LogP contribution in [0.15, 0.2) is 0 Å². The van der Waals surface area contributed by atoms with Gasteiger partial charge in [0.25, 0.3) is 0 Å². The Balaban J connectivity index is 3.04. The molecule has 1 aromatic rings. The van der Waals surface area contributed by atoms with Gasteiger partial charge in [0, 0.05) is 26.1 Å². The maximum absolute atomic E-state index is 11.6. The lowest BCUT2D eigenvalue weighted by atomic mass is 10.2. The highest BCUT2D eigenvalue weighted by Crippen LogP contribution is 2.20. The summed E-state index contributed by atoms with van der Waals surface area (Å²) in [5.41, 5.74) is 0.915.